The van der Waals surface area contributed by atoms with E-state index in [1.165, 1.54) is 6.07 Å². The Morgan fingerprint density at radius 1 is 1.12 bits per heavy atom. The fourth-order valence-electron chi connectivity index (χ4n) is 2.50. The second-order valence-corrected chi connectivity index (χ2v) is 5.78. The molecule has 0 radical (unpaired) electrons. The number of likely N-dealkylation sites (N-methyl/N-ethyl adjacent to an activating group) is 1. The zero-order valence-electron chi connectivity index (χ0n) is 14.7. The summed E-state index contributed by atoms with van der Waals surface area (Å²) in [6, 6.07) is 14.2. The molecule has 25 heavy (non-hydrogen) atoms. The molecule has 2 aromatic rings. The maximum absolute atomic E-state index is 12.1. The fraction of sp³-hybridized carbons (Fsp3) is 0.316. The normalized spacial score (nSPS) is 11.8. The van der Waals surface area contributed by atoms with Crippen molar-refractivity contribution in [3.05, 3.63) is 54.1 Å². The molecule has 0 aliphatic heterocycles. The van der Waals surface area contributed by atoms with Gasteiger partial charge in [-0.2, -0.15) is 0 Å². The third-order valence-corrected chi connectivity index (χ3v) is 3.84. The molecule has 2 N–H and O–H groups in total. The minimum atomic E-state index is -0.259. The summed E-state index contributed by atoms with van der Waals surface area (Å²) in [5.41, 5.74) is 0.997. The number of nitrogens with zero attached hydrogens (tertiary/aromatic N) is 1. The van der Waals surface area contributed by atoms with Crippen molar-refractivity contribution in [2.24, 2.45) is 0 Å². The molecule has 2 rings (SSSR count). The Kier molecular flexibility index (Phi) is 6.65. The summed E-state index contributed by atoms with van der Waals surface area (Å²) in [7, 11) is 5.52. The second kappa shape index (κ2) is 8.94. The van der Waals surface area contributed by atoms with E-state index in [0.29, 0.717) is 6.54 Å². The van der Waals surface area contributed by atoms with Gasteiger partial charge in [0.05, 0.1) is 13.2 Å². The van der Waals surface area contributed by atoms with Crippen molar-refractivity contribution in [2.75, 3.05) is 34.4 Å². The number of phenolic OH excluding ortho intramolecular Hbond substituents is 1. The van der Waals surface area contributed by atoms with Crippen LogP contribution in [0.4, 0.5) is 0 Å². The van der Waals surface area contributed by atoms with Gasteiger partial charge in [0.25, 0.3) is 5.91 Å². The topological polar surface area (TPSA) is 71.0 Å². The minimum Gasteiger partial charge on any atom is -0.504 e. The zero-order valence-corrected chi connectivity index (χ0v) is 14.7. The number of para-hydroxylation sites is 3. The van der Waals surface area contributed by atoms with Crippen LogP contribution in [0.2, 0.25) is 0 Å². The number of carbonyl (C=O) groups is 1. The average molecular weight is 344 g/mol. The third-order valence-electron chi connectivity index (χ3n) is 3.84. The first-order chi connectivity index (χ1) is 12.0. The molecule has 134 valence electrons. The van der Waals surface area contributed by atoms with Gasteiger partial charge in [-0.1, -0.05) is 30.3 Å². The molecule has 6 heteroatoms. The van der Waals surface area contributed by atoms with Gasteiger partial charge in [-0.3, -0.25) is 4.79 Å². The van der Waals surface area contributed by atoms with E-state index in [-0.39, 0.29) is 30.1 Å². The van der Waals surface area contributed by atoms with Gasteiger partial charge in [0.1, 0.15) is 5.75 Å². The number of carbonyl (C=O) groups excluding carboxylic acids is 1. The molecule has 1 amide bonds. The van der Waals surface area contributed by atoms with Crippen LogP contribution in [0.25, 0.3) is 0 Å². The van der Waals surface area contributed by atoms with Gasteiger partial charge in [-0.15, -0.1) is 0 Å². The van der Waals surface area contributed by atoms with Crippen LogP contribution in [0.1, 0.15) is 11.6 Å². The number of amides is 1. The number of aromatic hydroxyl groups is 1. The number of hydrogen-bond donors (Lipinski definition) is 2. The van der Waals surface area contributed by atoms with E-state index in [0.717, 1.165) is 11.3 Å². The third kappa shape index (κ3) is 5.12. The highest BCUT2D eigenvalue weighted by atomic mass is 16.5. The highest BCUT2D eigenvalue weighted by molar-refractivity contribution is 5.77. The summed E-state index contributed by atoms with van der Waals surface area (Å²) in [4.78, 5) is 14.1. The quantitative estimate of drug-likeness (QED) is 0.768. The largest absolute Gasteiger partial charge is 0.504 e. The lowest BCUT2D eigenvalue weighted by Crippen LogP contribution is -2.37. The van der Waals surface area contributed by atoms with Crippen molar-refractivity contribution in [1.82, 2.24) is 10.2 Å². The maximum atomic E-state index is 12.1. The van der Waals surface area contributed by atoms with Crippen LogP contribution in [0, 0.1) is 0 Å². The lowest BCUT2D eigenvalue weighted by Gasteiger charge is -2.26. The summed E-state index contributed by atoms with van der Waals surface area (Å²) < 4.78 is 10.8. The first-order valence-corrected chi connectivity index (χ1v) is 7.99. The molecule has 2 aromatic carbocycles. The molecule has 1 atom stereocenters. The highest BCUT2D eigenvalue weighted by Crippen LogP contribution is 2.27. The van der Waals surface area contributed by atoms with Crippen LogP contribution < -0.4 is 14.8 Å². The number of ether oxygens (including phenoxy) is 2. The van der Waals surface area contributed by atoms with Crippen LogP contribution in [-0.2, 0) is 4.79 Å². The molecule has 0 saturated heterocycles. The van der Waals surface area contributed by atoms with Crippen LogP contribution >= 0.6 is 0 Å². The molecule has 0 bridgehead atoms. The molecule has 6 nitrogen and oxygen atoms in total. The molecular weight excluding hydrogens is 320 g/mol. The number of nitrogens with one attached hydrogen (secondary N) is 1. The van der Waals surface area contributed by atoms with E-state index in [1.807, 2.05) is 43.3 Å². The van der Waals surface area contributed by atoms with Gasteiger partial charge < -0.3 is 24.8 Å². The van der Waals surface area contributed by atoms with Crippen LogP contribution in [-0.4, -0.2) is 50.3 Å². The monoisotopic (exact) mass is 344 g/mol. The first kappa shape index (κ1) is 18.6. The molecule has 0 aromatic heterocycles. The zero-order chi connectivity index (χ0) is 18.2. The van der Waals surface area contributed by atoms with Crippen molar-refractivity contribution in [3.63, 3.8) is 0 Å². The van der Waals surface area contributed by atoms with Crippen molar-refractivity contribution in [3.8, 4) is 17.2 Å². The van der Waals surface area contributed by atoms with Gasteiger partial charge in [-0.25, -0.2) is 0 Å². The van der Waals surface area contributed by atoms with E-state index >= 15 is 0 Å². The van der Waals surface area contributed by atoms with Gasteiger partial charge in [-0.05, 0) is 32.3 Å². The summed E-state index contributed by atoms with van der Waals surface area (Å²) in [5.74, 6) is 0.813. The molecular formula is C19H24N2O4. The lowest BCUT2D eigenvalue weighted by atomic mass is 10.0. The van der Waals surface area contributed by atoms with Crippen molar-refractivity contribution in [2.45, 2.75) is 6.04 Å². The smallest absolute Gasteiger partial charge is 0.258 e. The molecule has 0 aliphatic rings. The van der Waals surface area contributed by atoms with Gasteiger partial charge in [0.15, 0.2) is 18.1 Å². The Morgan fingerprint density at radius 2 is 1.76 bits per heavy atom. The Labute approximate surface area is 148 Å². The Hall–Kier alpha value is -2.73. The van der Waals surface area contributed by atoms with E-state index in [9.17, 15) is 9.90 Å². The van der Waals surface area contributed by atoms with Crippen LogP contribution in [0.3, 0.4) is 0 Å². The fourth-order valence-corrected chi connectivity index (χ4v) is 2.50. The number of benzene rings is 2. The van der Waals surface area contributed by atoms with Crippen LogP contribution in [0.5, 0.6) is 17.2 Å². The maximum Gasteiger partial charge on any atom is 0.258 e. The van der Waals surface area contributed by atoms with Gasteiger partial charge in [0.2, 0.25) is 0 Å². The number of rotatable bonds is 8. The molecule has 0 fully saturated rings. The second-order valence-electron chi connectivity index (χ2n) is 5.78. The average Bonchev–Trinajstić information content (AvgIpc) is 2.61. The predicted octanol–water partition coefficient (Wildman–Crippen LogP) is 2.20. The van der Waals surface area contributed by atoms with E-state index < -0.39 is 0 Å². The Morgan fingerprint density at radius 3 is 2.40 bits per heavy atom. The Bertz CT molecular complexity index is 703. The number of hydrogen-bond acceptors (Lipinski definition) is 5. The van der Waals surface area contributed by atoms with E-state index in [1.54, 1.807) is 25.3 Å². The SMILES string of the molecule is COc1ccccc1C(CNC(=O)COc1ccccc1O)N(C)C. The van der Waals surface area contributed by atoms with Gasteiger partial charge in [0, 0.05) is 12.1 Å². The summed E-state index contributed by atoms with van der Waals surface area (Å²) in [6.45, 7) is 0.250. The van der Waals surface area contributed by atoms with Crippen molar-refractivity contribution in [1.29, 1.82) is 0 Å². The molecule has 0 heterocycles. The van der Waals surface area contributed by atoms with E-state index in [4.69, 9.17) is 9.47 Å². The van der Waals surface area contributed by atoms with Gasteiger partial charge >= 0.3 is 0 Å². The first-order valence-electron chi connectivity index (χ1n) is 7.99. The minimum absolute atomic E-state index is 0.00971. The standard InChI is InChI=1S/C19H24N2O4/c1-21(2)15(14-8-4-6-10-17(14)24-3)12-20-19(23)13-25-18-11-7-5-9-16(18)22/h4-11,15,22H,12-13H2,1-3H3,(H,20,23). The molecule has 1 unspecified atom stereocenters. The number of phenols is 1. The predicted molar refractivity (Wildman–Crippen MR) is 96.0 cm³/mol. The van der Waals surface area contributed by atoms with E-state index in [2.05, 4.69) is 5.32 Å². The van der Waals surface area contributed by atoms with Crippen molar-refractivity contribution < 1.29 is 19.4 Å². The molecule has 0 aliphatic carbocycles. The summed E-state index contributed by atoms with van der Waals surface area (Å²) in [6.07, 6.45) is 0. The Balaban J connectivity index is 1.95. The van der Waals surface area contributed by atoms with Crippen LogP contribution in [0.15, 0.2) is 48.5 Å². The molecule has 0 saturated carbocycles. The lowest BCUT2D eigenvalue weighted by molar-refractivity contribution is -0.123. The van der Waals surface area contributed by atoms with Crippen molar-refractivity contribution >= 4 is 5.91 Å². The number of methoxy groups -OCH3 is 1. The summed E-state index contributed by atoms with van der Waals surface area (Å²) >= 11 is 0. The highest BCUT2D eigenvalue weighted by Gasteiger charge is 2.19. The summed E-state index contributed by atoms with van der Waals surface area (Å²) in [5, 5.41) is 12.5. The molecule has 0 spiro atoms.